The van der Waals surface area contributed by atoms with Gasteiger partial charge in [-0.25, -0.2) is 0 Å². The number of aliphatic hydroxyl groups is 4. The van der Waals surface area contributed by atoms with Crippen LogP contribution < -0.4 is 0 Å². The van der Waals surface area contributed by atoms with Crippen LogP contribution in [0.4, 0.5) is 0 Å². The van der Waals surface area contributed by atoms with Crippen molar-refractivity contribution in [2.45, 2.75) is 114 Å². The number of rotatable bonds is 17. The summed E-state index contributed by atoms with van der Waals surface area (Å²) < 4.78 is 0. The Balaban J connectivity index is 1.74. The first kappa shape index (κ1) is 24.8. The molecule has 0 aliphatic heterocycles. The summed E-state index contributed by atoms with van der Waals surface area (Å²) >= 11 is 0. The van der Waals surface area contributed by atoms with E-state index in [1.807, 2.05) is 0 Å². The zero-order valence-electron chi connectivity index (χ0n) is 18.5. The fourth-order valence-corrected chi connectivity index (χ4v) is 5.17. The topological polar surface area (TPSA) is 80.9 Å². The molecule has 2 saturated carbocycles. The third-order valence-electron chi connectivity index (χ3n) is 7.24. The summed E-state index contributed by atoms with van der Waals surface area (Å²) in [6, 6.07) is 0. The molecular weight excluding hydrogens is 364 g/mol. The molecule has 2 fully saturated rings. The highest BCUT2D eigenvalue weighted by Gasteiger charge is 2.42. The van der Waals surface area contributed by atoms with Crippen LogP contribution in [0.2, 0.25) is 0 Å². The fraction of sp³-hybridized carbons (Fsp3) is 0.920. The van der Waals surface area contributed by atoms with Gasteiger partial charge in [0.25, 0.3) is 0 Å². The van der Waals surface area contributed by atoms with E-state index >= 15 is 0 Å². The van der Waals surface area contributed by atoms with Gasteiger partial charge in [-0.1, -0.05) is 57.1 Å². The molecule has 0 aromatic heterocycles. The molecule has 4 heteroatoms. The number of unbranched alkanes of at least 4 members (excludes halogenated alkanes) is 7. The molecule has 0 saturated heterocycles. The second kappa shape index (κ2) is 13.8. The Bertz CT molecular complexity index is 448. The highest BCUT2D eigenvalue weighted by molar-refractivity contribution is 5.04. The van der Waals surface area contributed by atoms with E-state index in [-0.39, 0.29) is 18.6 Å². The van der Waals surface area contributed by atoms with E-state index in [0.717, 1.165) is 77.0 Å². The first-order valence-corrected chi connectivity index (χ1v) is 12.4. The zero-order chi connectivity index (χ0) is 21.0. The van der Waals surface area contributed by atoms with E-state index < -0.39 is 5.60 Å². The Kier molecular flexibility index (Phi) is 11.8. The van der Waals surface area contributed by atoms with Crippen molar-refractivity contribution in [3.8, 4) is 0 Å². The molecule has 170 valence electrons. The predicted molar refractivity (Wildman–Crippen MR) is 119 cm³/mol. The Morgan fingerprint density at radius 1 is 0.759 bits per heavy atom. The fourth-order valence-electron chi connectivity index (χ4n) is 5.17. The molecular formula is C25H46O4. The first-order chi connectivity index (χ1) is 14.1. The lowest BCUT2D eigenvalue weighted by molar-refractivity contribution is 0.00903. The van der Waals surface area contributed by atoms with Crippen LogP contribution in [0.5, 0.6) is 0 Å². The van der Waals surface area contributed by atoms with E-state index in [9.17, 15) is 10.2 Å². The van der Waals surface area contributed by atoms with Gasteiger partial charge in [0, 0.05) is 19.1 Å². The molecule has 0 spiro atoms. The Morgan fingerprint density at radius 3 is 2.03 bits per heavy atom. The molecule has 4 atom stereocenters. The largest absolute Gasteiger partial charge is 0.396 e. The number of aliphatic hydroxyl groups excluding tert-OH is 3. The van der Waals surface area contributed by atoms with Gasteiger partial charge < -0.3 is 20.4 Å². The zero-order valence-corrected chi connectivity index (χ0v) is 18.5. The van der Waals surface area contributed by atoms with Crippen LogP contribution in [-0.2, 0) is 0 Å². The summed E-state index contributed by atoms with van der Waals surface area (Å²) in [6.45, 7) is 0.570. The van der Waals surface area contributed by atoms with E-state index in [4.69, 9.17) is 10.2 Å². The lowest BCUT2D eigenvalue weighted by atomic mass is 9.85. The number of hydrogen-bond acceptors (Lipinski definition) is 4. The Morgan fingerprint density at radius 2 is 1.38 bits per heavy atom. The number of hydrogen-bond donors (Lipinski definition) is 4. The maximum atomic E-state index is 11.2. The van der Waals surface area contributed by atoms with Crippen LogP contribution in [-0.4, -0.2) is 45.3 Å². The smallest absolute Gasteiger partial charge is 0.0710 e. The van der Waals surface area contributed by atoms with Crippen LogP contribution >= 0.6 is 0 Å². The van der Waals surface area contributed by atoms with Gasteiger partial charge in [-0.2, -0.15) is 0 Å². The maximum Gasteiger partial charge on any atom is 0.0710 e. The normalized spacial score (nSPS) is 27.0. The van der Waals surface area contributed by atoms with Crippen molar-refractivity contribution in [3.63, 3.8) is 0 Å². The predicted octanol–water partition coefficient (Wildman–Crippen LogP) is 4.74. The summed E-state index contributed by atoms with van der Waals surface area (Å²) in [5.41, 5.74) is -0.568. The first-order valence-electron chi connectivity index (χ1n) is 12.4. The van der Waals surface area contributed by atoms with E-state index in [2.05, 4.69) is 12.2 Å². The van der Waals surface area contributed by atoms with Crippen LogP contribution in [0.25, 0.3) is 0 Å². The van der Waals surface area contributed by atoms with Gasteiger partial charge in [0.05, 0.1) is 11.7 Å². The highest BCUT2D eigenvalue weighted by Crippen LogP contribution is 2.45. The molecule has 2 aliphatic carbocycles. The van der Waals surface area contributed by atoms with Gasteiger partial charge in [-0.3, -0.25) is 0 Å². The van der Waals surface area contributed by atoms with Gasteiger partial charge in [0.15, 0.2) is 0 Å². The molecule has 0 heterocycles. The van der Waals surface area contributed by atoms with Gasteiger partial charge in [-0.15, -0.1) is 0 Å². The summed E-state index contributed by atoms with van der Waals surface area (Å²) in [6.07, 6.45) is 20.9. The molecule has 0 amide bonds. The van der Waals surface area contributed by atoms with Crippen molar-refractivity contribution in [3.05, 3.63) is 12.2 Å². The van der Waals surface area contributed by atoms with Gasteiger partial charge >= 0.3 is 0 Å². The lowest BCUT2D eigenvalue weighted by Gasteiger charge is -2.27. The lowest BCUT2D eigenvalue weighted by Crippen LogP contribution is -2.30. The summed E-state index contributed by atoms with van der Waals surface area (Å²) in [5, 5.41) is 39.4. The molecule has 0 aromatic carbocycles. The average Bonchev–Trinajstić information content (AvgIpc) is 3.51. The molecule has 0 radical (unpaired) electrons. The van der Waals surface area contributed by atoms with Crippen molar-refractivity contribution in [2.24, 2.45) is 17.8 Å². The maximum absolute atomic E-state index is 11.2. The van der Waals surface area contributed by atoms with E-state index in [1.54, 1.807) is 0 Å². The third kappa shape index (κ3) is 9.08. The second-order valence-corrected chi connectivity index (χ2v) is 9.66. The molecule has 0 aromatic rings. The molecule has 1 unspecified atom stereocenters. The van der Waals surface area contributed by atoms with Crippen molar-refractivity contribution in [2.75, 3.05) is 13.2 Å². The van der Waals surface area contributed by atoms with Crippen LogP contribution in [0.3, 0.4) is 0 Å². The minimum absolute atomic E-state index is 0.224. The van der Waals surface area contributed by atoms with Crippen molar-refractivity contribution in [1.29, 1.82) is 0 Å². The van der Waals surface area contributed by atoms with E-state index in [1.165, 1.54) is 25.7 Å². The van der Waals surface area contributed by atoms with Crippen LogP contribution in [0, 0.1) is 17.8 Å². The SMILES string of the molecule is OCCCCCCC[C@H]1CC[C@@H](O)[C@@H]1C=CCC(O)(CCCCCCO)C1CC1. The summed E-state index contributed by atoms with van der Waals surface area (Å²) in [7, 11) is 0. The molecule has 29 heavy (non-hydrogen) atoms. The minimum atomic E-state index is -0.568. The average molecular weight is 411 g/mol. The van der Waals surface area contributed by atoms with Crippen molar-refractivity contribution >= 4 is 0 Å². The standard InChI is InChI=1S/C25H46O4/c26-19-8-4-1-2-6-11-21-13-16-24(28)23(21)12-10-18-25(29,22-14-15-22)17-7-3-5-9-20-27/h10,12,21-24,26-29H,1-9,11,13-20H2/t21-,23+,24+,25?/m0/s1. The highest BCUT2D eigenvalue weighted by atomic mass is 16.3. The molecule has 2 rings (SSSR count). The Hall–Kier alpha value is -0.420. The van der Waals surface area contributed by atoms with Crippen LogP contribution in [0.15, 0.2) is 12.2 Å². The van der Waals surface area contributed by atoms with Crippen LogP contribution in [0.1, 0.15) is 103 Å². The quantitative estimate of drug-likeness (QED) is 0.206. The van der Waals surface area contributed by atoms with Gasteiger partial charge in [0.2, 0.25) is 0 Å². The summed E-state index contributed by atoms with van der Waals surface area (Å²) in [5.74, 6) is 1.28. The monoisotopic (exact) mass is 410 g/mol. The van der Waals surface area contributed by atoms with Gasteiger partial charge in [-0.05, 0) is 69.6 Å². The minimum Gasteiger partial charge on any atom is -0.396 e. The van der Waals surface area contributed by atoms with Gasteiger partial charge in [0.1, 0.15) is 0 Å². The molecule has 4 nitrogen and oxygen atoms in total. The molecule has 4 N–H and O–H groups in total. The second-order valence-electron chi connectivity index (χ2n) is 9.66. The summed E-state index contributed by atoms with van der Waals surface area (Å²) in [4.78, 5) is 0. The van der Waals surface area contributed by atoms with Crippen molar-refractivity contribution in [1.82, 2.24) is 0 Å². The van der Waals surface area contributed by atoms with Crippen molar-refractivity contribution < 1.29 is 20.4 Å². The molecule has 2 aliphatic rings. The Labute approximate surface area is 178 Å². The van der Waals surface area contributed by atoms with E-state index in [0.29, 0.717) is 18.4 Å². The third-order valence-corrected chi connectivity index (χ3v) is 7.24. The molecule has 0 bridgehead atoms.